The molecular formula is C8H17-. The summed E-state index contributed by atoms with van der Waals surface area (Å²) < 4.78 is 0. The molecule has 0 nitrogen and oxygen atoms in total. The Morgan fingerprint density at radius 2 is 1.50 bits per heavy atom. The molecule has 0 amide bonds. The molecule has 50 valence electrons. The minimum atomic E-state index is 0.397. The normalized spacial score (nSPS) is 12.8. The first-order valence-electron chi connectivity index (χ1n) is 3.28. The summed E-state index contributed by atoms with van der Waals surface area (Å²) in [4.78, 5) is 0. The van der Waals surface area contributed by atoms with E-state index in [4.69, 9.17) is 0 Å². The molecule has 0 aliphatic rings. The van der Waals surface area contributed by atoms with Crippen molar-refractivity contribution in [1.82, 2.24) is 0 Å². The molecule has 0 radical (unpaired) electrons. The standard InChI is InChI=1S/C8H17/c1-7(2)6-8(3,4)5/h6-7H,1-5H3/q-1. The van der Waals surface area contributed by atoms with Gasteiger partial charge in [0, 0.05) is 0 Å². The SMILES string of the molecule is CC(C)[CH-]C(C)(C)C. The molecule has 0 aliphatic heterocycles. The predicted octanol–water partition coefficient (Wildman–Crippen LogP) is 2.89. The lowest BCUT2D eigenvalue weighted by Gasteiger charge is -2.33. The fraction of sp³-hybridized carbons (Fsp3) is 0.875. The molecule has 0 unspecified atom stereocenters. The van der Waals surface area contributed by atoms with E-state index in [2.05, 4.69) is 41.0 Å². The van der Waals surface area contributed by atoms with Gasteiger partial charge in [-0.15, -0.1) is 0 Å². The monoisotopic (exact) mass is 113 g/mol. The Balaban J connectivity index is 3.39. The summed E-state index contributed by atoms with van der Waals surface area (Å²) in [7, 11) is 0. The number of rotatable bonds is 1. The van der Waals surface area contributed by atoms with Gasteiger partial charge in [-0.05, 0) is 0 Å². The van der Waals surface area contributed by atoms with E-state index in [1.165, 1.54) is 0 Å². The third-order valence-corrected chi connectivity index (χ3v) is 0.833. The van der Waals surface area contributed by atoms with E-state index < -0.39 is 0 Å². The molecule has 0 heterocycles. The van der Waals surface area contributed by atoms with Crippen molar-refractivity contribution in [2.45, 2.75) is 34.6 Å². The van der Waals surface area contributed by atoms with Crippen LogP contribution in [0.1, 0.15) is 34.6 Å². The second-order valence-corrected chi connectivity index (χ2v) is 3.78. The van der Waals surface area contributed by atoms with Crippen LogP contribution in [0, 0.1) is 17.8 Å². The summed E-state index contributed by atoms with van der Waals surface area (Å²) in [5.74, 6) is 0.718. The summed E-state index contributed by atoms with van der Waals surface area (Å²) in [5, 5.41) is 0. The Bertz CT molecular complexity index is 54.9. The maximum Gasteiger partial charge on any atom is -0.0876 e. The first-order valence-corrected chi connectivity index (χ1v) is 3.28. The highest BCUT2D eigenvalue weighted by atomic mass is 14.2. The van der Waals surface area contributed by atoms with Crippen molar-refractivity contribution in [3.05, 3.63) is 6.42 Å². The van der Waals surface area contributed by atoms with Crippen LogP contribution in [0.3, 0.4) is 0 Å². The Morgan fingerprint density at radius 1 is 1.12 bits per heavy atom. The molecule has 0 rings (SSSR count). The summed E-state index contributed by atoms with van der Waals surface area (Å²) in [6, 6.07) is 0. The Labute approximate surface area is 53.3 Å². The first-order chi connectivity index (χ1) is 3.42. The molecule has 0 atom stereocenters. The van der Waals surface area contributed by atoms with Crippen molar-refractivity contribution >= 4 is 0 Å². The van der Waals surface area contributed by atoms with E-state index in [0.29, 0.717) is 5.41 Å². The second-order valence-electron chi connectivity index (χ2n) is 3.78. The summed E-state index contributed by atoms with van der Waals surface area (Å²) in [6.07, 6.45) is 2.35. The zero-order valence-electron chi connectivity index (χ0n) is 6.65. The van der Waals surface area contributed by atoms with Crippen LogP contribution >= 0.6 is 0 Å². The van der Waals surface area contributed by atoms with Crippen molar-refractivity contribution in [3.63, 3.8) is 0 Å². The van der Waals surface area contributed by atoms with Gasteiger partial charge in [0.15, 0.2) is 0 Å². The lowest BCUT2D eigenvalue weighted by atomic mass is 9.86. The lowest BCUT2D eigenvalue weighted by molar-refractivity contribution is 0.438. The minimum Gasteiger partial charge on any atom is -0.321 e. The van der Waals surface area contributed by atoms with Gasteiger partial charge in [0.05, 0.1) is 0 Å². The molecule has 0 spiro atoms. The Hall–Kier alpha value is 0. The quantitative estimate of drug-likeness (QED) is 0.459. The maximum atomic E-state index is 2.35. The summed E-state index contributed by atoms with van der Waals surface area (Å²) in [6.45, 7) is 11.1. The third-order valence-electron chi connectivity index (χ3n) is 0.833. The molecule has 0 aromatic carbocycles. The van der Waals surface area contributed by atoms with Crippen LogP contribution in [-0.4, -0.2) is 0 Å². The van der Waals surface area contributed by atoms with Crippen molar-refractivity contribution in [2.75, 3.05) is 0 Å². The van der Waals surface area contributed by atoms with Gasteiger partial charge in [0.1, 0.15) is 0 Å². The number of hydrogen-bond donors (Lipinski definition) is 0. The molecule has 0 N–H and O–H groups in total. The predicted molar refractivity (Wildman–Crippen MR) is 38.6 cm³/mol. The minimum absolute atomic E-state index is 0.397. The van der Waals surface area contributed by atoms with Gasteiger partial charge in [-0.1, -0.05) is 34.6 Å². The highest BCUT2D eigenvalue weighted by Gasteiger charge is 1.98. The highest BCUT2D eigenvalue weighted by molar-refractivity contribution is 4.82. The van der Waals surface area contributed by atoms with Crippen molar-refractivity contribution < 1.29 is 0 Å². The van der Waals surface area contributed by atoms with Crippen LogP contribution < -0.4 is 0 Å². The van der Waals surface area contributed by atoms with Gasteiger partial charge >= 0.3 is 0 Å². The highest BCUT2D eigenvalue weighted by Crippen LogP contribution is 2.21. The van der Waals surface area contributed by atoms with E-state index in [-0.39, 0.29) is 0 Å². The lowest BCUT2D eigenvalue weighted by Crippen LogP contribution is -2.09. The summed E-state index contributed by atoms with van der Waals surface area (Å²) in [5.41, 5.74) is 0.397. The Morgan fingerprint density at radius 3 is 1.50 bits per heavy atom. The molecule has 0 aromatic rings. The van der Waals surface area contributed by atoms with Gasteiger partial charge in [0.2, 0.25) is 0 Å². The van der Waals surface area contributed by atoms with E-state index in [0.717, 1.165) is 5.92 Å². The summed E-state index contributed by atoms with van der Waals surface area (Å²) >= 11 is 0. The maximum absolute atomic E-state index is 2.35. The average molecular weight is 113 g/mol. The van der Waals surface area contributed by atoms with Crippen LogP contribution in [0.25, 0.3) is 0 Å². The van der Waals surface area contributed by atoms with Crippen LogP contribution in [0.15, 0.2) is 0 Å². The molecule has 0 aromatic heterocycles. The zero-order chi connectivity index (χ0) is 6.78. The van der Waals surface area contributed by atoms with Gasteiger partial charge in [-0.3, -0.25) is 0 Å². The second kappa shape index (κ2) is 2.52. The largest absolute Gasteiger partial charge is 0.321 e. The molecule has 0 saturated carbocycles. The third kappa shape index (κ3) is 6.00. The van der Waals surface area contributed by atoms with Crippen molar-refractivity contribution in [2.24, 2.45) is 11.3 Å². The van der Waals surface area contributed by atoms with Gasteiger partial charge in [0.25, 0.3) is 0 Å². The average Bonchev–Trinajstić information content (AvgIpc) is 1.21. The smallest absolute Gasteiger partial charge is 0.0876 e. The van der Waals surface area contributed by atoms with E-state index >= 15 is 0 Å². The topological polar surface area (TPSA) is 0 Å². The zero-order valence-corrected chi connectivity index (χ0v) is 6.65. The number of hydrogen-bond acceptors (Lipinski definition) is 0. The Kier molecular flexibility index (Phi) is 2.52. The van der Waals surface area contributed by atoms with Gasteiger partial charge in [-0.25, -0.2) is 0 Å². The molecule has 0 aliphatic carbocycles. The van der Waals surface area contributed by atoms with Crippen molar-refractivity contribution in [1.29, 1.82) is 0 Å². The van der Waals surface area contributed by atoms with Gasteiger partial charge < -0.3 is 6.42 Å². The van der Waals surface area contributed by atoms with Crippen molar-refractivity contribution in [3.8, 4) is 0 Å². The molecule has 0 fully saturated rings. The van der Waals surface area contributed by atoms with Crippen LogP contribution in [-0.2, 0) is 0 Å². The van der Waals surface area contributed by atoms with E-state index in [1.807, 2.05) is 0 Å². The van der Waals surface area contributed by atoms with Crippen LogP contribution in [0.2, 0.25) is 0 Å². The van der Waals surface area contributed by atoms with Crippen LogP contribution in [0.4, 0.5) is 0 Å². The fourth-order valence-corrected chi connectivity index (χ4v) is 1.00. The molecule has 0 saturated heterocycles. The van der Waals surface area contributed by atoms with Gasteiger partial charge in [-0.2, -0.15) is 11.3 Å². The van der Waals surface area contributed by atoms with E-state index in [9.17, 15) is 0 Å². The molecule has 0 heteroatoms. The van der Waals surface area contributed by atoms with E-state index in [1.54, 1.807) is 0 Å². The molecular weight excluding hydrogens is 96.1 g/mol. The van der Waals surface area contributed by atoms with Crippen LogP contribution in [0.5, 0.6) is 0 Å². The fourth-order valence-electron chi connectivity index (χ4n) is 1.00. The molecule has 8 heavy (non-hydrogen) atoms. The first kappa shape index (κ1) is 8.00. The molecule has 0 bridgehead atoms.